The van der Waals surface area contributed by atoms with Gasteiger partial charge in [-0.05, 0) is 85.9 Å². The van der Waals surface area contributed by atoms with E-state index in [0.717, 1.165) is 51.7 Å². The second kappa shape index (κ2) is 12.7. The molecule has 7 nitrogen and oxygen atoms in total. The summed E-state index contributed by atoms with van der Waals surface area (Å²) in [6, 6.07) is 5.51. The Balaban J connectivity index is 1.36. The minimum atomic E-state index is -0.927. The van der Waals surface area contributed by atoms with Crippen molar-refractivity contribution < 1.29 is 23.0 Å². The van der Waals surface area contributed by atoms with Crippen molar-refractivity contribution in [1.82, 2.24) is 19.9 Å². The molecule has 1 N–H and O–H groups in total. The van der Waals surface area contributed by atoms with Gasteiger partial charge in [-0.3, -0.25) is 4.90 Å². The fourth-order valence-electron chi connectivity index (χ4n) is 8.82. The van der Waals surface area contributed by atoms with E-state index in [1.165, 1.54) is 24.3 Å². The molecule has 0 amide bonds. The summed E-state index contributed by atoms with van der Waals surface area (Å²) < 4.78 is 53.4. The zero-order chi connectivity index (χ0) is 34.7. The Labute approximate surface area is 290 Å². The van der Waals surface area contributed by atoms with Gasteiger partial charge in [-0.25, -0.2) is 18.2 Å². The minimum Gasteiger partial charge on any atom is -0.508 e. The van der Waals surface area contributed by atoms with Crippen LogP contribution in [0.3, 0.4) is 0 Å². The minimum absolute atomic E-state index is 0.00205. The van der Waals surface area contributed by atoms with E-state index >= 15 is 8.78 Å². The number of fused-ring (bicyclic) bond motifs is 5. The summed E-state index contributed by atoms with van der Waals surface area (Å²) in [5, 5.41) is 11.8. The molecule has 4 atom stereocenters. The number of nitrogens with zero attached hydrogens (tertiary/aromatic N) is 5. The van der Waals surface area contributed by atoms with E-state index in [9.17, 15) is 9.50 Å². The lowest BCUT2D eigenvalue weighted by Gasteiger charge is -2.34. The van der Waals surface area contributed by atoms with Gasteiger partial charge in [0, 0.05) is 43.4 Å². The number of hydrogen-bond acceptors (Lipinski definition) is 7. The highest BCUT2D eigenvalue weighted by atomic mass is 19.1. The largest absolute Gasteiger partial charge is 0.508 e. The van der Waals surface area contributed by atoms with Gasteiger partial charge in [0.25, 0.3) is 0 Å². The zero-order valence-electron chi connectivity index (χ0n) is 28.4. The van der Waals surface area contributed by atoms with Crippen molar-refractivity contribution in [3.05, 3.63) is 47.2 Å². The van der Waals surface area contributed by atoms with Crippen LogP contribution in [0.4, 0.5) is 19.0 Å². The average Bonchev–Trinajstić information content (AvgIpc) is 3.74. The van der Waals surface area contributed by atoms with Crippen LogP contribution in [-0.2, 0) is 0 Å². The molecule has 0 spiro atoms. The van der Waals surface area contributed by atoms with E-state index in [4.69, 9.17) is 26.1 Å². The first-order valence-corrected chi connectivity index (χ1v) is 17.7. The standard InChI is InChI=1S/C40H40F3N5O2/c1-4-29-31(42)12-11-26-16-28(49)17-30(33(26)29)36-35(43)37-34(32(44-36)8-5-7-23(2)3)38(47-19-24-9-10-25(15-24)20-47)46-39(45-37)50-22-40-13-6-14-48(40)21-27(41)18-40/h1,11-12,16-17,23-25,27,49H,6-7,9-10,13-15,18-22H2,2-3H3/t24?,25?,27-,40+/m1/s1. The first-order chi connectivity index (χ1) is 24.1. The van der Waals surface area contributed by atoms with Crippen molar-refractivity contribution in [3.63, 3.8) is 0 Å². The number of aromatic hydroxyl groups is 1. The van der Waals surface area contributed by atoms with Crippen LogP contribution < -0.4 is 9.64 Å². The van der Waals surface area contributed by atoms with E-state index in [2.05, 4.69) is 41.4 Å². The SMILES string of the molecule is C#Cc1c(F)ccc2cc(O)cc(-c3nc(C#CCC(C)C)c4c(N5CC6CCC(C6)C5)nc(OC[C@@]56CCCN5C[C@H](F)C6)nc4c3F)c12. The maximum Gasteiger partial charge on any atom is 0.319 e. The van der Waals surface area contributed by atoms with Gasteiger partial charge in [-0.2, -0.15) is 9.97 Å². The number of pyridine rings is 1. The van der Waals surface area contributed by atoms with Crippen molar-refractivity contribution in [3.8, 4) is 47.2 Å². The van der Waals surface area contributed by atoms with Gasteiger partial charge in [0.15, 0.2) is 5.82 Å². The molecular formula is C40H40F3N5O2. The van der Waals surface area contributed by atoms with E-state index in [-0.39, 0.29) is 57.7 Å². The van der Waals surface area contributed by atoms with Crippen LogP contribution >= 0.6 is 0 Å². The third kappa shape index (κ3) is 5.68. The Morgan fingerprint density at radius 2 is 1.88 bits per heavy atom. The molecule has 2 bridgehead atoms. The predicted molar refractivity (Wildman–Crippen MR) is 188 cm³/mol. The van der Waals surface area contributed by atoms with E-state index in [1.807, 2.05) is 0 Å². The van der Waals surface area contributed by atoms with Crippen LogP contribution in [0.1, 0.15) is 70.1 Å². The molecule has 4 aromatic rings. The van der Waals surface area contributed by atoms with Crippen LogP contribution in [-0.4, -0.2) is 69.5 Å². The van der Waals surface area contributed by atoms with Crippen LogP contribution in [0.5, 0.6) is 11.8 Å². The molecule has 4 aliphatic rings. The lowest BCUT2D eigenvalue weighted by molar-refractivity contribution is 0.107. The van der Waals surface area contributed by atoms with E-state index < -0.39 is 23.3 Å². The summed E-state index contributed by atoms with van der Waals surface area (Å²) in [6.07, 6.45) is 11.0. The Kier molecular flexibility index (Phi) is 8.26. The summed E-state index contributed by atoms with van der Waals surface area (Å²) in [6.45, 7) is 7.02. The molecular weight excluding hydrogens is 639 g/mol. The fourth-order valence-corrected chi connectivity index (χ4v) is 8.82. The van der Waals surface area contributed by atoms with Crippen LogP contribution in [0, 0.1) is 53.6 Å². The highest BCUT2D eigenvalue weighted by molar-refractivity contribution is 6.04. The van der Waals surface area contributed by atoms with Gasteiger partial charge in [-0.1, -0.05) is 31.8 Å². The Morgan fingerprint density at radius 3 is 2.64 bits per heavy atom. The maximum absolute atomic E-state index is 17.3. The lowest BCUT2D eigenvalue weighted by atomic mass is 9.95. The average molecular weight is 680 g/mol. The first kappa shape index (κ1) is 32.7. The van der Waals surface area contributed by atoms with E-state index in [0.29, 0.717) is 47.8 Å². The van der Waals surface area contributed by atoms with Crippen LogP contribution in [0.2, 0.25) is 0 Å². The topological polar surface area (TPSA) is 74.6 Å². The number of rotatable bonds is 6. The molecule has 3 aliphatic heterocycles. The molecule has 4 fully saturated rings. The number of phenolic OH excluding ortho intramolecular Hbond substituents is 1. The van der Waals surface area contributed by atoms with Gasteiger partial charge in [0.05, 0.1) is 16.5 Å². The molecule has 5 heterocycles. The van der Waals surface area contributed by atoms with Crippen molar-refractivity contribution in [2.45, 2.75) is 70.5 Å². The number of anilines is 1. The third-order valence-corrected chi connectivity index (χ3v) is 11.1. The highest BCUT2D eigenvalue weighted by Crippen LogP contribution is 2.44. The molecule has 1 aliphatic carbocycles. The van der Waals surface area contributed by atoms with Crippen molar-refractivity contribution in [2.24, 2.45) is 17.8 Å². The quantitative estimate of drug-likeness (QED) is 0.213. The summed E-state index contributed by atoms with van der Waals surface area (Å²) in [5.74, 6) is 9.03. The molecule has 2 aromatic carbocycles. The van der Waals surface area contributed by atoms with Gasteiger partial charge in [-0.15, -0.1) is 6.42 Å². The van der Waals surface area contributed by atoms with Crippen LogP contribution in [0.25, 0.3) is 32.9 Å². The van der Waals surface area contributed by atoms with Gasteiger partial charge in [0.2, 0.25) is 0 Å². The number of piperidine rings is 1. The molecule has 10 heteroatoms. The molecule has 8 rings (SSSR count). The van der Waals surface area contributed by atoms with Crippen molar-refractivity contribution in [1.29, 1.82) is 0 Å². The molecule has 2 aromatic heterocycles. The molecule has 0 radical (unpaired) electrons. The summed E-state index contributed by atoms with van der Waals surface area (Å²) in [5.41, 5.74) is -0.312. The summed E-state index contributed by atoms with van der Waals surface area (Å²) in [4.78, 5) is 18.8. The van der Waals surface area contributed by atoms with E-state index in [1.54, 1.807) is 0 Å². The smallest absolute Gasteiger partial charge is 0.319 e. The monoisotopic (exact) mass is 679 g/mol. The Bertz CT molecular complexity index is 2110. The molecule has 258 valence electrons. The first-order valence-electron chi connectivity index (χ1n) is 17.7. The number of ether oxygens (including phenoxy) is 1. The predicted octanol–water partition coefficient (Wildman–Crippen LogP) is 7.40. The normalized spacial score (nSPS) is 24.5. The Morgan fingerprint density at radius 1 is 1.08 bits per heavy atom. The molecule has 50 heavy (non-hydrogen) atoms. The van der Waals surface area contributed by atoms with Crippen LogP contribution in [0.15, 0.2) is 24.3 Å². The van der Waals surface area contributed by atoms with Crippen molar-refractivity contribution in [2.75, 3.05) is 37.7 Å². The zero-order valence-corrected chi connectivity index (χ0v) is 28.4. The lowest BCUT2D eigenvalue weighted by Crippen LogP contribution is -2.43. The second-order valence-corrected chi connectivity index (χ2v) is 15.0. The fraction of sp³-hybridized carbons (Fsp3) is 0.475. The van der Waals surface area contributed by atoms with Crippen molar-refractivity contribution >= 4 is 27.5 Å². The summed E-state index contributed by atoms with van der Waals surface area (Å²) in [7, 11) is 0. The van der Waals surface area contributed by atoms with Gasteiger partial charge < -0.3 is 14.7 Å². The van der Waals surface area contributed by atoms with Gasteiger partial charge in [0.1, 0.15) is 47.1 Å². The number of phenols is 1. The number of halogens is 3. The summed E-state index contributed by atoms with van der Waals surface area (Å²) >= 11 is 0. The number of alkyl halides is 1. The third-order valence-electron chi connectivity index (χ3n) is 11.1. The highest BCUT2D eigenvalue weighted by Gasteiger charge is 2.49. The molecule has 1 saturated carbocycles. The number of terminal acetylenes is 1. The molecule has 2 unspecified atom stereocenters. The number of benzene rings is 2. The number of aromatic nitrogens is 3. The molecule has 3 saturated heterocycles. The number of hydrogen-bond donors (Lipinski definition) is 1. The van der Waals surface area contributed by atoms with Gasteiger partial charge >= 0.3 is 6.01 Å². The Hall–Kier alpha value is -4.54. The second-order valence-electron chi connectivity index (χ2n) is 15.0. The maximum atomic E-state index is 17.3.